The maximum atomic E-state index is 11.8. The molecule has 1 heterocycles. The summed E-state index contributed by atoms with van der Waals surface area (Å²) < 4.78 is 0. The summed E-state index contributed by atoms with van der Waals surface area (Å²) in [6, 6.07) is -0.888. The maximum Gasteiger partial charge on any atom is 0.315 e. The summed E-state index contributed by atoms with van der Waals surface area (Å²) >= 11 is 0. The number of carbonyl (C=O) groups is 3. The summed E-state index contributed by atoms with van der Waals surface area (Å²) in [7, 11) is 1.70. The largest absolute Gasteiger partial charge is 0.481 e. The van der Waals surface area contributed by atoms with Gasteiger partial charge in [-0.2, -0.15) is 0 Å². The predicted octanol–water partition coefficient (Wildman–Crippen LogP) is 0.653. The molecule has 2 atom stereocenters. The second kappa shape index (κ2) is 7.85. The van der Waals surface area contributed by atoms with Crippen LogP contribution in [0.3, 0.4) is 0 Å². The number of hydrogen-bond donors (Lipinski definition) is 3. The molecular weight excluding hydrogens is 274 g/mol. The Bertz CT molecular complexity index is 398. The van der Waals surface area contributed by atoms with Gasteiger partial charge in [-0.25, -0.2) is 4.79 Å². The van der Waals surface area contributed by atoms with Gasteiger partial charge in [0, 0.05) is 26.6 Å². The van der Waals surface area contributed by atoms with Crippen LogP contribution in [-0.4, -0.2) is 54.1 Å². The first kappa shape index (κ1) is 17.3. The lowest BCUT2D eigenvalue weighted by Gasteiger charge is -2.19. The first-order valence-corrected chi connectivity index (χ1v) is 7.30. The number of rotatable bonds is 7. The third kappa shape index (κ3) is 6.01. The first-order chi connectivity index (χ1) is 9.79. The van der Waals surface area contributed by atoms with Gasteiger partial charge in [-0.3, -0.25) is 9.59 Å². The highest BCUT2D eigenvalue weighted by Crippen LogP contribution is 2.14. The van der Waals surface area contributed by atoms with Crippen molar-refractivity contribution in [3.63, 3.8) is 0 Å². The van der Waals surface area contributed by atoms with Crippen molar-refractivity contribution in [2.45, 2.75) is 39.2 Å². The number of hydrogen-bond acceptors (Lipinski definition) is 3. The Morgan fingerprint density at radius 1 is 1.43 bits per heavy atom. The molecular formula is C14H25N3O4. The molecule has 1 rings (SSSR count). The minimum Gasteiger partial charge on any atom is -0.481 e. The van der Waals surface area contributed by atoms with Crippen molar-refractivity contribution in [1.29, 1.82) is 0 Å². The van der Waals surface area contributed by atoms with E-state index in [2.05, 4.69) is 10.6 Å². The number of carboxylic acid groups (broad SMARTS) is 1. The zero-order chi connectivity index (χ0) is 16.0. The molecule has 21 heavy (non-hydrogen) atoms. The van der Waals surface area contributed by atoms with Crippen molar-refractivity contribution in [2.24, 2.45) is 11.8 Å². The van der Waals surface area contributed by atoms with Crippen LogP contribution < -0.4 is 10.6 Å². The normalized spacial score (nSPS) is 19.7. The van der Waals surface area contributed by atoms with E-state index >= 15 is 0 Å². The number of amides is 3. The van der Waals surface area contributed by atoms with Gasteiger partial charge < -0.3 is 20.6 Å². The van der Waals surface area contributed by atoms with Gasteiger partial charge in [0.15, 0.2) is 0 Å². The number of carboxylic acids is 1. The molecule has 1 aliphatic rings. The van der Waals surface area contributed by atoms with Gasteiger partial charge in [0.1, 0.15) is 6.04 Å². The number of likely N-dealkylation sites (N-methyl/N-ethyl adjacent to an activating group) is 1. The van der Waals surface area contributed by atoms with Crippen LogP contribution in [0.15, 0.2) is 0 Å². The highest BCUT2D eigenvalue weighted by molar-refractivity contribution is 5.88. The van der Waals surface area contributed by atoms with Gasteiger partial charge in [-0.05, 0) is 24.7 Å². The lowest BCUT2D eigenvalue weighted by atomic mass is 9.94. The van der Waals surface area contributed by atoms with Crippen LogP contribution in [0.2, 0.25) is 0 Å². The molecule has 0 radical (unpaired) electrons. The van der Waals surface area contributed by atoms with Gasteiger partial charge >= 0.3 is 12.0 Å². The summed E-state index contributed by atoms with van der Waals surface area (Å²) in [5, 5.41) is 14.2. The maximum absolute atomic E-state index is 11.8. The van der Waals surface area contributed by atoms with Gasteiger partial charge in [0.25, 0.3) is 0 Å². The summed E-state index contributed by atoms with van der Waals surface area (Å²) in [5.74, 6) is -0.690. The zero-order valence-corrected chi connectivity index (χ0v) is 12.9. The molecule has 2 unspecified atom stereocenters. The van der Waals surface area contributed by atoms with E-state index in [4.69, 9.17) is 5.11 Å². The minimum absolute atomic E-state index is 0.0313. The number of nitrogens with zero attached hydrogens (tertiary/aromatic N) is 1. The topological polar surface area (TPSA) is 98.7 Å². The van der Waals surface area contributed by atoms with E-state index in [9.17, 15) is 14.4 Å². The SMILES string of the molecule is CC(C)CC(CNC(=O)NC1CCN(C)C1=O)CC(=O)O. The van der Waals surface area contributed by atoms with Crippen LogP contribution in [0.25, 0.3) is 0 Å². The standard InChI is InChI=1S/C14H25N3O4/c1-9(2)6-10(7-12(18)19)8-15-14(21)16-11-4-5-17(3)13(11)20/h9-11H,4-8H2,1-3H3,(H,18,19)(H2,15,16,21). The van der Waals surface area contributed by atoms with Crippen molar-refractivity contribution in [3.05, 3.63) is 0 Å². The fourth-order valence-electron chi connectivity index (χ4n) is 2.56. The van der Waals surface area contributed by atoms with Crippen molar-refractivity contribution < 1.29 is 19.5 Å². The van der Waals surface area contributed by atoms with Gasteiger partial charge in [-0.1, -0.05) is 13.8 Å². The molecule has 0 aromatic rings. The molecule has 0 aromatic heterocycles. The average Bonchev–Trinajstić information content (AvgIpc) is 2.66. The Balaban J connectivity index is 2.38. The molecule has 0 aliphatic carbocycles. The van der Waals surface area contributed by atoms with E-state index in [-0.39, 0.29) is 18.2 Å². The van der Waals surface area contributed by atoms with Crippen LogP contribution in [0.1, 0.15) is 33.1 Å². The number of aliphatic carboxylic acids is 1. The van der Waals surface area contributed by atoms with E-state index in [1.165, 1.54) is 0 Å². The van der Waals surface area contributed by atoms with E-state index in [1.807, 2.05) is 13.8 Å². The summed E-state index contributed by atoms with van der Waals surface area (Å²) in [6.45, 7) is 4.97. The zero-order valence-electron chi connectivity index (χ0n) is 12.9. The molecule has 1 aliphatic heterocycles. The summed E-state index contributed by atoms with van der Waals surface area (Å²) in [6.07, 6.45) is 1.37. The predicted molar refractivity (Wildman–Crippen MR) is 77.8 cm³/mol. The second-order valence-corrected chi connectivity index (χ2v) is 6.05. The summed E-state index contributed by atoms with van der Waals surface area (Å²) in [4.78, 5) is 35.9. The molecule has 3 N–H and O–H groups in total. The van der Waals surface area contributed by atoms with Crippen molar-refractivity contribution in [1.82, 2.24) is 15.5 Å². The molecule has 7 nitrogen and oxygen atoms in total. The van der Waals surface area contributed by atoms with E-state index in [0.29, 0.717) is 25.4 Å². The van der Waals surface area contributed by atoms with Crippen LogP contribution in [0, 0.1) is 11.8 Å². The number of likely N-dealkylation sites (tertiary alicyclic amines) is 1. The average molecular weight is 299 g/mol. The number of carbonyl (C=O) groups excluding carboxylic acids is 2. The smallest absolute Gasteiger partial charge is 0.315 e. The second-order valence-electron chi connectivity index (χ2n) is 6.05. The highest BCUT2D eigenvalue weighted by atomic mass is 16.4. The van der Waals surface area contributed by atoms with E-state index < -0.39 is 18.0 Å². The van der Waals surface area contributed by atoms with Crippen molar-refractivity contribution in [2.75, 3.05) is 20.1 Å². The van der Waals surface area contributed by atoms with Crippen LogP contribution in [-0.2, 0) is 9.59 Å². The van der Waals surface area contributed by atoms with Gasteiger partial charge in [-0.15, -0.1) is 0 Å². The Hall–Kier alpha value is -1.79. The third-order valence-electron chi connectivity index (χ3n) is 3.55. The monoisotopic (exact) mass is 299 g/mol. The molecule has 120 valence electrons. The fraction of sp³-hybridized carbons (Fsp3) is 0.786. The van der Waals surface area contributed by atoms with Crippen LogP contribution in [0.4, 0.5) is 4.79 Å². The van der Waals surface area contributed by atoms with Crippen molar-refractivity contribution in [3.8, 4) is 0 Å². The third-order valence-corrected chi connectivity index (χ3v) is 3.55. The molecule has 1 saturated heterocycles. The first-order valence-electron chi connectivity index (χ1n) is 7.30. The molecule has 7 heteroatoms. The minimum atomic E-state index is -0.865. The Kier molecular flexibility index (Phi) is 6.45. The van der Waals surface area contributed by atoms with Crippen molar-refractivity contribution >= 4 is 17.9 Å². The van der Waals surface area contributed by atoms with E-state index in [0.717, 1.165) is 6.42 Å². The number of nitrogens with one attached hydrogen (secondary N) is 2. The number of urea groups is 1. The lowest BCUT2D eigenvalue weighted by molar-refractivity contribution is -0.138. The fourth-order valence-corrected chi connectivity index (χ4v) is 2.56. The molecule has 0 bridgehead atoms. The van der Waals surface area contributed by atoms with Crippen LogP contribution >= 0.6 is 0 Å². The lowest BCUT2D eigenvalue weighted by Crippen LogP contribution is -2.46. The Morgan fingerprint density at radius 3 is 2.57 bits per heavy atom. The highest BCUT2D eigenvalue weighted by Gasteiger charge is 2.30. The molecule has 0 spiro atoms. The molecule has 3 amide bonds. The van der Waals surface area contributed by atoms with Gasteiger partial charge in [0.05, 0.1) is 0 Å². The Labute approximate surface area is 125 Å². The molecule has 0 saturated carbocycles. The molecule has 1 fully saturated rings. The van der Waals surface area contributed by atoms with Crippen LogP contribution in [0.5, 0.6) is 0 Å². The van der Waals surface area contributed by atoms with Gasteiger partial charge in [0.2, 0.25) is 5.91 Å². The quantitative estimate of drug-likeness (QED) is 0.643. The van der Waals surface area contributed by atoms with E-state index in [1.54, 1.807) is 11.9 Å². The Morgan fingerprint density at radius 2 is 2.10 bits per heavy atom. The summed E-state index contributed by atoms with van der Waals surface area (Å²) in [5.41, 5.74) is 0. The molecule has 0 aromatic carbocycles.